The number of hydrogen-bond acceptors (Lipinski definition) is 8. The normalized spacial score (nSPS) is 17.1. The van der Waals surface area contributed by atoms with Gasteiger partial charge in [-0.05, 0) is 42.5 Å². The first-order chi connectivity index (χ1) is 17.0. The van der Waals surface area contributed by atoms with E-state index in [0.717, 1.165) is 31.2 Å². The molecule has 0 unspecified atom stereocenters. The molecule has 1 saturated heterocycles. The molecule has 1 fully saturated rings. The minimum absolute atomic E-state index is 0.0287. The number of ether oxygens (including phenoxy) is 2. The summed E-state index contributed by atoms with van der Waals surface area (Å²) >= 11 is 0. The zero-order chi connectivity index (χ0) is 26.0. The minimum atomic E-state index is -4.53. The van der Waals surface area contributed by atoms with Gasteiger partial charge in [0, 0.05) is 30.2 Å². The maximum Gasteiger partial charge on any atom is 0.416 e. The van der Waals surface area contributed by atoms with E-state index in [1.54, 1.807) is 6.07 Å². The van der Waals surface area contributed by atoms with Gasteiger partial charge in [-0.1, -0.05) is 0 Å². The Labute approximate surface area is 202 Å². The van der Waals surface area contributed by atoms with Crippen molar-refractivity contribution in [2.45, 2.75) is 25.3 Å². The Hall–Kier alpha value is -4.26. The highest BCUT2D eigenvalue weighted by atomic mass is 19.4. The molecule has 2 heterocycles. The molecular formula is C23H20F3N5O5. The van der Waals surface area contributed by atoms with Gasteiger partial charge in [0.15, 0.2) is 6.10 Å². The van der Waals surface area contributed by atoms with Crippen LogP contribution in [0.1, 0.15) is 12.5 Å². The fraction of sp³-hybridized carbons (Fsp3) is 0.261. The summed E-state index contributed by atoms with van der Waals surface area (Å²) < 4.78 is 49.3. The third-order valence-corrected chi connectivity index (χ3v) is 5.39. The van der Waals surface area contributed by atoms with E-state index < -0.39 is 41.7 Å². The summed E-state index contributed by atoms with van der Waals surface area (Å²) in [6.07, 6.45) is -6.47. The van der Waals surface area contributed by atoms with Gasteiger partial charge in [0.25, 0.3) is 11.8 Å². The summed E-state index contributed by atoms with van der Waals surface area (Å²) in [5.41, 5.74) is 5.84. The van der Waals surface area contributed by atoms with Crippen molar-refractivity contribution in [3.8, 4) is 0 Å². The Morgan fingerprint density at radius 2 is 1.92 bits per heavy atom. The van der Waals surface area contributed by atoms with Crippen LogP contribution in [0, 0.1) is 0 Å². The third kappa shape index (κ3) is 5.20. The fourth-order valence-corrected chi connectivity index (χ4v) is 3.71. The molecule has 3 aromatic rings. The molecule has 1 aliphatic heterocycles. The van der Waals surface area contributed by atoms with Gasteiger partial charge in [-0.15, -0.1) is 0 Å². The lowest BCUT2D eigenvalue weighted by molar-refractivity contribution is -0.167. The quantitative estimate of drug-likeness (QED) is 0.507. The van der Waals surface area contributed by atoms with Crippen LogP contribution in [0.3, 0.4) is 0 Å². The monoisotopic (exact) mass is 503 g/mol. The van der Waals surface area contributed by atoms with E-state index in [4.69, 9.17) is 15.2 Å². The van der Waals surface area contributed by atoms with Gasteiger partial charge >= 0.3 is 12.1 Å². The molecular weight excluding hydrogens is 483 g/mol. The summed E-state index contributed by atoms with van der Waals surface area (Å²) in [5.74, 6) is -2.18. The number of halogens is 3. The summed E-state index contributed by atoms with van der Waals surface area (Å²) in [5, 5.41) is 3.12. The number of carbonyl (C=O) groups excluding carboxylic acids is 3. The Kier molecular flexibility index (Phi) is 6.75. The summed E-state index contributed by atoms with van der Waals surface area (Å²) in [6, 6.07) is 8.63. The molecule has 0 saturated carbocycles. The highest BCUT2D eigenvalue weighted by molar-refractivity contribution is 6.05. The van der Waals surface area contributed by atoms with Gasteiger partial charge in [0.1, 0.15) is 12.1 Å². The van der Waals surface area contributed by atoms with Crippen molar-refractivity contribution < 1.29 is 37.0 Å². The third-order valence-electron chi connectivity index (χ3n) is 5.39. The summed E-state index contributed by atoms with van der Waals surface area (Å²) in [4.78, 5) is 47.1. The number of aromatic nitrogens is 2. The molecule has 2 amide bonds. The van der Waals surface area contributed by atoms with Crippen molar-refractivity contribution >= 4 is 45.9 Å². The van der Waals surface area contributed by atoms with E-state index in [1.165, 1.54) is 23.4 Å². The van der Waals surface area contributed by atoms with E-state index in [1.807, 2.05) is 0 Å². The molecule has 10 nitrogen and oxygen atoms in total. The average molecular weight is 503 g/mol. The number of carbonyl (C=O) groups is 3. The number of morpholine rings is 1. The molecule has 13 heteroatoms. The zero-order valence-electron chi connectivity index (χ0n) is 18.8. The maximum absolute atomic E-state index is 13.2. The van der Waals surface area contributed by atoms with Gasteiger partial charge in [0.05, 0.1) is 17.7 Å². The zero-order valence-corrected chi connectivity index (χ0v) is 18.8. The van der Waals surface area contributed by atoms with Gasteiger partial charge in [0.2, 0.25) is 6.10 Å². The van der Waals surface area contributed by atoms with Crippen LogP contribution in [0.15, 0.2) is 48.8 Å². The average Bonchev–Trinajstić information content (AvgIpc) is 2.82. The highest BCUT2D eigenvalue weighted by Crippen LogP contribution is 2.31. The lowest BCUT2D eigenvalue weighted by Gasteiger charge is -2.35. The molecule has 1 aromatic heterocycles. The number of benzene rings is 2. The number of amides is 2. The van der Waals surface area contributed by atoms with Crippen molar-refractivity contribution in [3.63, 3.8) is 0 Å². The second-order valence-corrected chi connectivity index (χ2v) is 7.84. The van der Waals surface area contributed by atoms with E-state index in [0.29, 0.717) is 10.9 Å². The Balaban J connectivity index is 1.56. The van der Waals surface area contributed by atoms with Crippen LogP contribution in [0.2, 0.25) is 0 Å². The second-order valence-electron chi connectivity index (χ2n) is 7.84. The van der Waals surface area contributed by atoms with E-state index in [-0.39, 0.29) is 30.3 Å². The molecule has 188 valence electrons. The SMILES string of the molecule is CC(=O)O[C@@H](C(=O)Nc1ccc2c(N)ncnc2c1)[C@H]1OCCN(c2ccc(C(F)(F)F)cc2)C1=O. The van der Waals surface area contributed by atoms with Crippen molar-refractivity contribution in [2.24, 2.45) is 0 Å². The van der Waals surface area contributed by atoms with Crippen LogP contribution < -0.4 is 16.0 Å². The molecule has 0 radical (unpaired) electrons. The number of nitrogens with zero attached hydrogens (tertiary/aromatic N) is 3. The standard InChI is InChI=1S/C23H20F3N5O5/c1-12(32)36-18(21(33)30-14-4-7-16-17(10-14)28-11-29-20(16)27)19-22(34)31(8-9-35-19)15-5-2-13(3-6-15)23(24,25)26/h2-7,10-11,18-19H,8-9H2,1H3,(H,30,33)(H2,27,28,29)/t18-,19-/m1/s1. The van der Waals surface area contributed by atoms with Crippen molar-refractivity contribution in [3.05, 3.63) is 54.4 Å². The van der Waals surface area contributed by atoms with Gasteiger partial charge in [-0.3, -0.25) is 14.4 Å². The molecule has 1 aliphatic rings. The number of alkyl halides is 3. The maximum atomic E-state index is 13.2. The molecule has 2 aromatic carbocycles. The number of nitrogens with two attached hydrogens (primary N) is 1. The van der Waals surface area contributed by atoms with Crippen LogP contribution in [0.5, 0.6) is 0 Å². The molecule has 0 spiro atoms. The lowest BCUT2D eigenvalue weighted by atomic mass is 10.1. The second kappa shape index (κ2) is 9.77. The number of rotatable bonds is 5. The Morgan fingerprint density at radius 3 is 2.58 bits per heavy atom. The molecule has 0 bridgehead atoms. The van der Waals surface area contributed by atoms with E-state index in [9.17, 15) is 27.6 Å². The number of nitrogen functional groups attached to an aromatic ring is 1. The molecule has 0 aliphatic carbocycles. The van der Waals surface area contributed by atoms with Crippen LogP contribution in [0.25, 0.3) is 10.9 Å². The largest absolute Gasteiger partial charge is 0.449 e. The first kappa shape index (κ1) is 24.9. The van der Waals surface area contributed by atoms with Gasteiger partial charge in [-0.25, -0.2) is 9.97 Å². The first-order valence-electron chi connectivity index (χ1n) is 10.6. The Morgan fingerprint density at radius 1 is 1.19 bits per heavy atom. The number of hydrogen-bond donors (Lipinski definition) is 2. The highest BCUT2D eigenvalue weighted by Gasteiger charge is 2.43. The number of nitrogens with one attached hydrogen (secondary N) is 1. The molecule has 2 atom stereocenters. The van der Waals surface area contributed by atoms with Crippen LogP contribution in [0.4, 0.5) is 30.4 Å². The summed E-state index contributed by atoms with van der Waals surface area (Å²) in [6.45, 7) is 1.05. The van der Waals surface area contributed by atoms with Crippen molar-refractivity contribution in [1.29, 1.82) is 0 Å². The number of esters is 1. The van der Waals surface area contributed by atoms with Crippen molar-refractivity contribution in [1.82, 2.24) is 9.97 Å². The topological polar surface area (TPSA) is 137 Å². The van der Waals surface area contributed by atoms with Crippen LogP contribution >= 0.6 is 0 Å². The fourth-order valence-electron chi connectivity index (χ4n) is 3.71. The number of fused-ring (bicyclic) bond motifs is 1. The molecule has 3 N–H and O–H groups in total. The van der Waals surface area contributed by atoms with Crippen molar-refractivity contribution in [2.75, 3.05) is 29.1 Å². The molecule has 36 heavy (non-hydrogen) atoms. The lowest BCUT2D eigenvalue weighted by Crippen LogP contribution is -2.56. The van der Waals surface area contributed by atoms with E-state index >= 15 is 0 Å². The Bertz CT molecular complexity index is 1320. The smallest absolute Gasteiger partial charge is 0.416 e. The number of anilines is 3. The minimum Gasteiger partial charge on any atom is -0.449 e. The van der Waals surface area contributed by atoms with Gasteiger partial charge < -0.3 is 25.4 Å². The predicted molar refractivity (Wildman–Crippen MR) is 122 cm³/mol. The van der Waals surface area contributed by atoms with Crippen LogP contribution in [-0.2, 0) is 30.0 Å². The van der Waals surface area contributed by atoms with Crippen LogP contribution in [-0.4, -0.2) is 53.1 Å². The molecule has 4 rings (SSSR count). The van der Waals surface area contributed by atoms with Gasteiger partial charge in [-0.2, -0.15) is 13.2 Å². The first-order valence-corrected chi connectivity index (χ1v) is 10.6. The predicted octanol–water partition coefficient (Wildman–Crippen LogP) is 2.53. The van der Waals surface area contributed by atoms with E-state index in [2.05, 4.69) is 15.3 Å². The summed E-state index contributed by atoms with van der Waals surface area (Å²) in [7, 11) is 0.